The molecule has 0 bridgehead atoms. The van der Waals surface area contributed by atoms with Crippen LogP contribution in [0, 0.1) is 5.82 Å². The lowest BCUT2D eigenvalue weighted by molar-refractivity contribution is -0.113. The van der Waals surface area contributed by atoms with Gasteiger partial charge in [-0.15, -0.1) is 11.8 Å². The molecule has 0 saturated heterocycles. The number of carbonyl (C=O) groups excluding carboxylic acids is 1. The Hall–Kier alpha value is -2.21. The van der Waals surface area contributed by atoms with Crippen molar-refractivity contribution in [1.29, 1.82) is 0 Å². The second-order valence-corrected chi connectivity index (χ2v) is 7.27. The number of anilines is 1. The molecule has 1 N–H and O–H groups in total. The number of hydrogen-bond donors (Lipinski definition) is 1. The number of rotatable bonds is 4. The van der Waals surface area contributed by atoms with Gasteiger partial charge in [0, 0.05) is 29.5 Å². The third kappa shape index (κ3) is 3.44. The summed E-state index contributed by atoms with van der Waals surface area (Å²) in [5, 5.41) is 2.82. The lowest BCUT2D eigenvalue weighted by atomic mass is 10.2. The number of nitrogens with one attached hydrogen (secondary N) is 1. The Morgan fingerprint density at radius 2 is 1.88 bits per heavy atom. The van der Waals surface area contributed by atoms with Crippen LogP contribution in [0.25, 0.3) is 0 Å². The molecule has 25 heavy (non-hydrogen) atoms. The van der Waals surface area contributed by atoms with Gasteiger partial charge in [-0.1, -0.05) is 12.1 Å². The molecule has 130 valence electrons. The molecule has 0 aromatic heterocycles. The quantitative estimate of drug-likeness (QED) is 0.811. The van der Waals surface area contributed by atoms with Crippen LogP contribution in [-0.2, 0) is 4.79 Å². The molecular weight excluding hydrogens is 341 g/mol. The fourth-order valence-electron chi connectivity index (χ4n) is 3.19. The summed E-state index contributed by atoms with van der Waals surface area (Å²) in [6, 6.07) is 11.8. The minimum atomic E-state index is -0.508. The van der Waals surface area contributed by atoms with Gasteiger partial charge in [0.05, 0.1) is 5.75 Å². The summed E-state index contributed by atoms with van der Waals surface area (Å²) in [5.74, 6) is 0.514. The number of hydrogen-bond acceptors (Lipinski definition) is 4. The van der Waals surface area contributed by atoms with Crippen LogP contribution >= 0.6 is 11.8 Å². The highest BCUT2D eigenvalue weighted by atomic mass is 32.2. The summed E-state index contributed by atoms with van der Waals surface area (Å²) in [4.78, 5) is 12.6. The first kappa shape index (κ1) is 16.3. The van der Waals surface area contributed by atoms with Crippen molar-refractivity contribution in [2.75, 3.05) is 11.1 Å². The van der Waals surface area contributed by atoms with E-state index < -0.39 is 5.79 Å². The van der Waals surface area contributed by atoms with Gasteiger partial charge in [-0.05, 0) is 37.1 Å². The molecule has 0 radical (unpaired) electrons. The smallest absolute Gasteiger partial charge is 0.251 e. The summed E-state index contributed by atoms with van der Waals surface area (Å²) in [6.07, 6.45) is 3.99. The first-order valence-electron chi connectivity index (χ1n) is 8.33. The summed E-state index contributed by atoms with van der Waals surface area (Å²) >= 11 is 1.17. The van der Waals surface area contributed by atoms with E-state index in [1.807, 2.05) is 6.07 Å². The SMILES string of the molecule is O=C(CSc1ccccc1F)Nc1ccc2c(c1)OC1(CCCC1)O2. The van der Waals surface area contributed by atoms with E-state index >= 15 is 0 Å². The van der Waals surface area contributed by atoms with Crippen molar-refractivity contribution in [3.63, 3.8) is 0 Å². The monoisotopic (exact) mass is 359 g/mol. The van der Waals surface area contributed by atoms with Gasteiger partial charge in [-0.3, -0.25) is 4.79 Å². The Kier molecular flexibility index (Phi) is 4.29. The van der Waals surface area contributed by atoms with Crippen molar-refractivity contribution < 1.29 is 18.7 Å². The van der Waals surface area contributed by atoms with Crippen LogP contribution in [0.3, 0.4) is 0 Å². The van der Waals surface area contributed by atoms with E-state index in [1.54, 1.807) is 30.3 Å². The summed E-state index contributed by atoms with van der Waals surface area (Å²) in [7, 11) is 0. The van der Waals surface area contributed by atoms with E-state index in [-0.39, 0.29) is 17.5 Å². The molecule has 1 aliphatic heterocycles. The molecule has 4 nitrogen and oxygen atoms in total. The molecule has 1 fully saturated rings. The molecule has 2 aromatic rings. The maximum Gasteiger partial charge on any atom is 0.251 e. The van der Waals surface area contributed by atoms with Gasteiger partial charge in [0.1, 0.15) is 5.82 Å². The van der Waals surface area contributed by atoms with E-state index in [0.29, 0.717) is 16.3 Å². The van der Waals surface area contributed by atoms with E-state index in [1.165, 1.54) is 17.8 Å². The van der Waals surface area contributed by atoms with Crippen molar-refractivity contribution in [2.24, 2.45) is 0 Å². The zero-order valence-corrected chi connectivity index (χ0v) is 14.4. The summed E-state index contributed by atoms with van der Waals surface area (Å²) < 4.78 is 25.5. The van der Waals surface area contributed by atoms with Crippen LogP contribution in [0.4, 0.5) is 10.1 Å². The standard InChI is InChI=1S/C19H18FNO3S/c20-14-5-1-2-6-17(14)25-12-18(22)21-13-7-8-15-16(11-13)24-19(23-15)9-3-4-10-19/h1-2,5-8,11H,3-4,9-10,12H2,(H,21,22). The van der Waals surface area contributed by atoms with Crippen LogP contribution in [0.5, 0.6) is 11.5 Å². The fraction of sp³-hybridized carbons (Fsp3) is 0.316. The topological polar surface area (TPSA) is 47.6 Å². The first-order valence-corrected chi connectivity index (χ1v) is 9.31. The van der Waals surface area contributed by atoms with Crippen molar-refractivity contribution in [1.82, 2.24) is 0 Å². The third-order valence-corrected chi connectivity index (χ3v) is 5.43. The largest absolute Gasteiger partial charge is 0.448 e. The number of ether oxygens (including phenoxy) is 2. The van der Waals surface area contributed by atoms with Gasteiger partial charge in [-0.2, -0.15) is 0 Å². The second kappa shape index (κ2) is 6.59. The molecule has 1 aliphatic carbocycles. The maximum atomic E-state index is 13.6. The number of amides is 1. The number of benzene rings is 2. The maximum absolute atomic E-state index is 13.6. The van der Waals surface area contributed by atoms with Crippen LogP contribution < -0.4 is 14.8 Å². The van der Waals surface area contributed by atoms with Gasteiger partial charge in [0.25, 0.3) is 5.79 Å². The Morgan fingerprint density at radius 3 is 2.68 bits per heavy atom. The Morgan fingerprint density at radius 1 is 1.12 bits per heavy atom. The van der Waals surface area contributed by atoms with Gasteiger partial charge < -0.3 is 14.8 Å². The Labute approximate surface area is 149 Å². The molecule has 1 heterocycles. The molecule has 2 aliphatic rings. The lowest BCUT2D eigenvalue weighted by Gasteiger charge is -2.21. The highest BCUT2D eigenvalue weighted by molar-refractivity contribution is 8.00. The van der Waals surface area contributed by atoms with Gasteiger partial charge in [0.15, 0.2) is 11.5 Å². The minimum absolute atomic E-state index is 0.138. The van der Waals surface area contributed by atoms with Gasteiger partial charge >= 0.3 is 0 Å². The molecule has 1 spiro atoms. The molecular formula is C19H18FNO3S. The number of thioether (sulfide) groups is 1. The van der Waals surface area contributed by atoms with Crippen LogP contribution in [0.1, 0.15) is 25.7 Å². The zero-order valence-electron chi connectivity index (χ0n) is 13.6. The third-order valence-electron chi connectivity index (χ3n) is 4.38. The minimum Gasteiger partial charge on any atom is -0.448 e. The highest BCUT2D eigenvalue weighted by Crippen LogP contribution is 2.47. The molecule has 1 amide bonds. The fourth-order valence-corrected chi connectivity index (χ4v) is 3.93. The second-order valence-electron chi connectivity index (χ2n) is 6.25. The van der Waals surface area contributed by atoms with E-state index in [9.17, 15) is 9.18 Å². The van der Waals surface area contributed by atoms with E-state index in [0.717, 1.165) is 31.4 Å². The summed E-state index contributed by atoms with van der Waals surface area (Å²) in [5.41, 5.74) is 0.650. The lowest BCUT2D eigenvalue weighted by Crippen LogP contribution is -2.34. The van der Waals surface area contributed by atoms with E-state index in [4.69, 9.17) is 9.47 Å². The molecule has 0 atom stereocenters. The van der Waals surface area contributed by atoms with Gasteiger partial charge in [-0.25, -0.2) is 4.39 Å². The Bertz CT molecular complexity index is 805. The molecule has 0 unspecified atom stereocenters. The normalized spacial score (nSPS) is 17.0. The number of fused-ring (bicyclic) bond motifs is 1. The van der Waals surface area contributed by atoms with Crippen LogP contribution in [0.15, 0.2) is 47.4 Å². The molecule has 2 aromatic carbocycles. The van der Waals surface area contributed by atoms with Crippen LogP contribution in [-0.4, -0.2) is 17.4 Å². The number of halogens is 1. The number of carbonyl (C=O) groups is 1. The van der Waals surface area contributed by atoms with Gasteiger partial charge in [0.2, 0.25) is 5.91 Å². The van der Waals surface area contributed by atoms with Crippen LogP contribution in [0.2, 0.25) is 0 Å². The Balaban J connectivity index is 1.37. The summed E-state index contributed by atoms with van der Waals surface area (Å²) in [6.45, 7) is 0. The molecule has 1 saturated carbocycles. The zero-order chi connectivity index (χ0) is 17.3. The average Bonchev–Trinajstić information content (AvgIpc) is 3.20. The van der Waals surface area contributed by atoms with Crippen molar-refractivity contribution >= 4 is 23.4 Å². The van der Waals surface area contributed by atoms with Crippen molar-refractivity contribution in [3.8, 4) is 11.5 Å². The predicted octanol–water partition coefficient (Wildman–Crippen LogP) is 4.60. The predicted molar refractivity (Wildman–Crippen MR) is 94.7 cm³/mol. The average molecular weight is 359 g/mol. The van der Waals surface area contributed by atoms with Crippen molar-refractivity contribution in [2.45, 2.75) is 36.4 Å². The molecule has 6 heteroatoms. The first-order chi connectivity index (χ1) is 12.1. The van der Waals surface area contributed by atoms with Crippen molar-refractivity contribution in [3.05, 3.63) is 48.3 Å². The van der Waals surface area contributed by atoms with E-state index in [2.05, 4.69) is 5.32 Å². The molecule has 4 rings (SSSR count). The highest BCUT2D eigenvalue weighted by Gasteiger charge is 2.44.